The molecule has 0 spiro atoms. The van der Waals surface area contributed by atoms with Gasteiger partial charge in [-0.25, -0.2) is 0 Å². The Morgan fingerprint density at radius 3 is 2.77 bits per heavy atom. The van der Waals surface area contributed by atoms with Crippen LogP contribution in [0.25, 0.3) is 0 Å². The Morgan fingerprint density at radius 2 is 2.15 bits per heavy atom. The predicted molar refractivity (Wildman–Crippen MR) is 62.4 cm³/mol. The zero-order valence-electron chi connectivity index (χ0n) is 9.18. The van der Waals surface area contributed by atoms with Gasteiger partial charge in [0.1, 0.15) is 0 Å². The van der Waals surface area contributed by atoms with Crippen LogP contribution < -0.4 is 5.32 Å². The maximum absolute atomic E-state index is 3.67. The molecular weight excluding hydrogens is 178 g/mol. The molecule has 1 fully saturated rings. The van der Waals surface area contributed by atoms with Crippen molar-refractivity contribution < 1.29 is 0 Å². The van der Waals surface area contributed by atoms with Crippen molar-refractivity contribution in [3.05, 3.63) is 0 Å². The lowest BCUT2D eigenvalue weighted by Crippen LogP contribution is -2.35. The minimum absolute atomic E-state index is 0.786. The van der Waals surface area contributed by atoms with Crippen molar-refractivity contribution in [1.29, 1.82) is 0 Å². The van der Waals surface area contributed by atoms with Gasteiger partial charge in [-0.05, 0) is 31.1 Å². The first kappa shape index (κ1) is 11.4. The van der Waals surface area contributed by atoms with Crippen LogP contribution in [0.3, 0.4) is 0 Å². The molecule has 1 aliphatic carbocycles. The largest absolute Gasteiger partial charge is 0.313 e. The van der Waals surface area contributed by atoms with Crippen LogP contribution in [0.1, 0.15) is 46.5 Å². The summed E-state index contributed by atoms with van der Waals surface area (Å²) in [6, 6.07) is 0.798. The predicted octanol–water partition coefficient (Wildman–Crippen LogP) is 3.05. The Balaban J connectivity index is 2.26. The molecule has 13 heavy (non-hydrogen) atoms. The molecule has 0 heterocycles. The third kappa shape index (κ3) is 3.90. The molecule has 0 aliphatic heterocycles. The van der Waals surface area contributed by atoms with Gasteiger partial charge in [0.05, 0.1) is 0 Å². The van der Waals surface area contributed by atoms with Gasteiger partial charge in [-0.1, -0.05) is 27.2 Å². The van der Waals surface area contributed by atoms with E-state index in [2.05, 4.69) is 37.8 Å². The first-order valence-corrected chi connectivity index (χ1v) is 6.57. The standard InChI is InChI=1S/C11H23NS/c1-4-8-12-10-6-5-7-11(10)13-9(2)3/h9-12H,4-8H2,1-3H3. The van der Waals surface area contributed by atoms with Crippen molar-refractivity contribution in [2.24, 2.45) is 0 Å². The van der Waals surface area contributed by atoms with E-state index in [1.165, 1.54) is 32.2 Å². The number of nitrogens with one attached hydrogen (secondary N) is 1. The average Bonchev–Trinajstić information content (AvgIpc) is 2.48. The molecule has 0 aromatic carbocycles. The second-order valence-electron chi connectivity index (χ2n) is 4.21. The maximum Gasteiger partial charge on any atom is 0.0203 e. The molecule has 2 atom stereocenters. The Labute approximate surface area is 87.1 Å². The van der Waals surface area contributed by atoms with Crippen LogP contribution in [-0.4, -0.2) is 23.1 Å². The van der Waals surface area contributed by atoms with Crippen molar-refractivity contribution in [2.45, 2.75) is 63.0 Å². The van der Waals surface area contributed by atoms with Gasteiger partial charge < -0.3 is 5.32 Å². The van der Waals surface area contributed by atoms with Gasteiger partial charge in [0, 0.05) is 11.3 Å². The molecule has 1 nitrogen and oxygen atoms in total. The molecule has 0 amide bonds. The topological polar surface area (TPSA) is 12.0 Å². The lowest BCUT2D eigenvalue weighted by Gasteiger charge is -2.22. The molecule has 1 N–H and O–H groups in total. The molecule has 1 aliphatic rings. The molecule has 0 radical (unpaired) electrons. The highest BCUT2D eigenvalue weighted by molar-refractivity contribution is 8.00. The summed E-state index contributed by atoms with van der Waals surface area (Å²) in [5, 5.41) is 5.33. The number of rotatable bonds is 5. The maximum atomic E-state index is 3.67. The van der Waals surface area contributed by atoms with Crippen LogP contribution >= 0.6 is 11.8 Å². The highest BCUT2D eigenvalue weighted by Crippen LogP contribution is 2.32. The summed E-state index contributed by atoms with van der Waals surface area (Å²) in [4.78, 5) is 0. The van der Waals surface area contributed by atoms with E-state index in [1.54, 1.807) is 0 Å². The van der Waals surface area contributed by atoms with Crippen molar-refractivity contribution in [3.63, 3.8) is 0 Å². The lowest BCUT2D eigenvalue weighted by molar-refractivity contribution is 0.530. The van der Waals surface area contributed by atoms with E-state index < -0.39 is 0 Å². The van der Waals surface area contributed by atoms with E-state index >= 15 is 0 Å². The summed E-state index contributed by atoms with van der Waals surface area (Å²) < 4.78 is 0. The normalized spacial score (nSPS) is 28.6. The SMILES string of the molecule is CCCNC1CCCC1SC(C)C. The smallest absolute Gasteiger partial charge is 0.0203 e. The zero-order valence-corrected chi connectivity index (χ0v) is 9.99. The minimum atomic E-state index is 0.786. The molecule has 2 heteroatoms. The fraction of sp³-hybridized carbons (Fsp3) is 1.00. The van der Waals surface area contributed by atoms with E-state index in [0.717, 1.165) is 16.5 Å². The van der Waals surface area contributed by atoms with Crippen molar-refractivity contribution >= 4 is 11.8 Å². The van der Waals surface area contributed by atoms with Crippen LogP contribution in [-0.2, 0) is 0 Å². The molecule has 0 aromatic rings. The van der Waals surface area contributed by atoms with E-state index in [-0.39, 0.29) is 0 Å². The molecule has 2 unspecified atom stereocenters. The van der Waals surface area contributed by atoms with Crippen LogP contribution in [0.4, 0.5) is 0 Å². The monoisotopic (exact) mass is 201 g/mol. The summed E-state index contributed by atoms with van der Waals surface area (Å²) in [5.41, 5.74) is 0. The Morgan fingerprint density at radius 1 is 1.38 bits per heavy atom. The first-order chi connectivity index (χ1) is 6.24. The first-order valence-electron chi connectivity index (χ1n) is 5.63. The quantitative estimate of drug-likeness (QED) is 0.734. The van der Waals surface area contributed by atoms with Gasteiger partial charge in [0.25, 0.3) is 0 Å². The highest BCUT2D eigenvalue weighted by atomic mass is 32.2. The molecule has 78 valence electrons. The van der Waals surface area contributed by atoms with Gasteiger partial charge >= 0.3 is 0 Å². The third-order valence-corrected chi connectivity index (χ3v) is 4.01. The Bertz CT molecular complexity index is 136. The second kappa shape index (κ2) is 5.92. The van der Waals surface area contributed by atoms with Gasteiger partial charge in [-0.15, -0.1) is 0 Å². The summed E-state index contributed by atoms with van der Waals surface area (Å²) >= 11 is 2.16. The van der Waals surface area contributed by atoms with Crippen LogP contribution in [0.2, 0.25) is 0 Å². The van der Waals surface area contributed by atoms with Crippen molar-refractivity contribution in [3.8, 4) is 0 Å². The van der Waals surface area contributed by atoms with E-state index in [4.69, 9.17) is 0 Å². The summed E-state index contributed by atoms with van der Waals surface area (Å²) in [5.74, 6) is 0. The second-order valence-corrected chi connectivity index (χ2v) is 6.04. The van der Waals surface area contributed by atoms with E-state index in [9.17, 15) is 0 Å². The third-order valence-electron chi connectivity index (χ3n) is 2.56. The number of hydrogen-bond acceptors (Lipinski definition) is 2. The lowest BCUT2D eigenvalue weighted by atomic mass is 10.2. The molecule has 0 aromatic heterocycles. The summed E-state index contributed by atoms with van der Waals surface area (Å²) in [6.45, 7) is 8.05. The molecule has 0 bridgehead atoms. The van der Waals surface area contributed by atoms with Gasteiger partial charge in [0.2, 0.25) is 0 Å². The molecule has 0 saturated heterocycles. The summed E-state index contributed by atoms with van der Waals surface area (Å²) in [7, 11) is 0. The van der Waals surface area contributed by atoms with Crippen molar-refractivity contribution in [1.82, 2.24) is 5.32 Å². The molecule has 1 rings (SSSR count). The van der Waals surface area contributed by atoms with Crippen molar-refractivity contribution in [2.75, 3.05) is 6.54 Å². The average molecular weight is 201 g/mol. The van der Waals surface area contributed by atoms with Crippen LogP contribution in [0, 0.1) is 0 Å². The number of thioether (sulfide) groups is 1. The Hall–Kier alpha value is 0.310. The highest BCUT2D eigenvalue weighted by Gasteiger charge is 2.27. The fourth-order valence-electron chi connectivity index (χ4n) is 2.00. The van der Waals surface area contributed by atoms with E-state index in [0.29, 0.717) is 0 Å². The van der Waals surface area contributed by atoms with Crippen LogP contribution in [0.15, 0.2) is 0 Å². The van der Waals surface area contributed by atoms with Gasteiger partial charge in [-0.3, -0.25) is 0 Å². The summed E-state index contributed by atoms with van der Waals surface area (Å²) in [6.07, 6.45) is 5.50. The van der Waals surface area contributed by atoms with Gasteiger partial charge in [-0.2, -0.15) is 11.8 Å². The fourth-order valence-corrected chi connectivity index (χ4v) is 3.43. The van der Waals surface area contributed by atoms with E-state index in [1.807, 2.05) is 0 Å². The minimum Gasteiger partial charge on any atom is -0.313 e. The molecule has 1 saturated carbocycles. The molecular formula is C11H23NS. The number of hydrogen-bond donors (Lipinski definition) is 1. The zero-order chi connectivity index (χ0) is 9.68. The van der Waals surface area contributed by atoms with Crippen LogP contribution in [0.5, 0.6) is 0 Å². The Kier molecular flexibility index (Phi) is 5.18. The van der Waals surface area contributed by atoms with Gasteiger partial charge in [0.15, 0.2) is 0 Å².